The summed E-state index contributed by atoms with van der Waals surface area (Å²) < 4.78 is 0. The number of aliphatic hydroxyl groups excluding tert-OH is 1. The number of aliphatic hydroxyl groups is 1. The van der Waals surface area contributed by atoms with E-state index in [4.69, 9.17) is 9.83 Å². The number of aliphatic imine (C=N–C) groups is 2. The number of hydroxylamine groups is 2. The van der Waals surface area contributed by atoms with Gasteiger partial charge in [-0.15, -0.1) is 0 Å². The first kappa shape index (κ1) is 40.2. The van der Waals surface area contributed by atoms with Crippen LogP contribution in [0.3, 0.4) is 0 Å². The highest BCUT2D eigenvalue weighted by Gasteiger charge is 2.17. The topological polar surface area (TPSA) is 57.4 Å². The Morgan fingerprint density at radius 3 is 1.61 bits per heavy atom. The van der Waals surface area contributed by atoms with Crippen LogP contribution in [-0.2, 0) is 4.84 Å². The van der Waals surface area contributed by atoms with Gasteiger partial charge in [0.15, 0.2) is 0 Å². The van der Waals surface area contributed by atoms with Crippen LogP contribution in [0.1, 0.15) is 176 Å². The zero-order valence-electron chi connectivity index (χ0n) is 28.5. The maximum atomic E-state index is 10.1. The lowest BCUT2D eigenvalue weighted by Crippen LogP contribution is -2.38. The lowest BCUT2D eigenvalue weighted by atomic mass is 9.99. The molecule has 3 atom stereocenters. The molecule has 0 aliphatic heterocycles. The number of nitrogens with zero attached hydrogens (tertiary/aromatic N) is 3. The summed E-state index contributed by atoms with van der Waals surface area (Å²) >= 11 is 0. The molecule has 0 aromatic carbocycles. The first-order valence-electron chi connectivity index (χ1n) is 18.2. The minimum atomic E-state index is -0.484. The number of unbranched alkanes of at least 4 members (excludes halogenated alkanes) is 17. The van der Waals surface area contributed by atoms with Gasteiger partial charge in [0.1, 0.15) is 6.10 Å². The predicted octanol–water partition coefficient (Wildman–Crippen LogP) is 10.4. The highest BCUT2D eigenvalue weighted by molar-refractivity contribution is 5.60. The molecule has 1 N–H and O–H groups in total. The molecule has 0 aliphatic carbocycles. The van der Waals surface area contributed by atoms with E-state index in [-0.39, 0.29) is 6.10 Å². The second-order valence-corrected chi connectivity index (χ2v) is 12.3. The monoisotopic (exact) mass is 580 g/mol. The Morgan fingerprint density at radius 1 is 0.634 bits per heavy atom. The molecule has 41 heavy (non-hydrogen) atoms. The van der Waals surface area contributed by atoms with E-state index in [1.54, 1.807) is 0 Å². The Kier molecular flexibility index (Phi) is 31.5. The second kappa shape index (κ2) is 32.1. The van der Waals surface area contributed by atoms with E-state index in [0.717, 1.165) is 45.4 Å². The Labute approximate surface area is 257 Å². The van der Waals surface area contributed by atoms with Crippen molar-refractivity contribution < 1.29 is 9.94 Å². The summed E-state index contributed by atoms with van der Waals surface area (Å²) in [6.45, 7) is 13.6. The van der Waals surface area contributed by atoms with Crippen LogP contribution in [0.2, 0.25) is 0 Å². The van der Waals surface area contributed by atoms with E-state index in [1.807, 2.05) is 12.0 Å². The van der Waals surface area contributed by atoms with Crippen LogP contribution in [-0.4, -0.2) is 61.0 Å². The Morgan fingerprint density at radius 2 is 1.12 bits per heavy atom. The molecule has 0 fully saturated rings. The van der Waals surface area contributed by atoms with Gasteiger partial charge in [-0.1, -0.05) is 137 Å². The van der Waals surface area contributed by atoms with Crippen LogP contribution in [0.15, 0.2) is 9.98 Å². The molecule has 5 nitrogen and oxygen atoms in total. The Hall–Kier alpha value is -0.780. The molecule has 0 heterocycles. The van der Waals surface area contributed by atoms with Crippen LogP contribution in [0.5, 0.6) is 0 Å². The number of rotatable bonds is 32. The van der Waals surface area contributed by atoms with Gasteiger partial charge < -0.3 is 5.11 Å². The van der Waals surface area contributed by atoms with Crippen molar-refractivity contribution >= 4 is 12.4 Å². The van der Waals surface area contributed by atoms with Crippen LogP contribution < -0.4 is 0 Å². The van der Waals surface area contributed by atoms with E-state index in [1.165, 1.54) is 122 Å². The van der Waals surface area contributed by atoms with Crippen molar-refractivity contribution in [3.8, 4) is 0 Å². The van der Waals surface area contributed by atoms with Gasteiger partial charge in [0, 0.05) is 19.3 Å². The Balaban J connectivity index is 4.17. The van der Waals surface area contributed by atoms with E-state index in [9.17, 15) is 5.11 Å². The SMILES string of the molecule is CCCCCCCCCCCCCCC=NCCN(CCN=CC(CC)CCCCCCCC)OC(CC)C(C)O. The normalized spacial score (nSPS) is 14.5. The molecule has 0 aromatic rings. The first-order valence-corrected chi connectivity index (χ1v) is 18.2. The van der Waals surface area contributed by atoms with Crippen molar-refractivity contribution in [1.82, 2.24) is 5.06 Å². The third-order valence-corrected chi connectivity index (χ3v) is 8.27. The molecule has 0 saturated carbocycles. The molecular weight excluding hydrogens is 506 g/mol. The number of hydrogen-bond donors (Lipinski definition) is 1. The zero-order valence-corrected chi connectivity index (χ0v) is 28.5. The van der Waals surface area contributed by atoms with E-state index < -0.39 is 6.10 Å². The van der Waals surface area contributed by atoms with Crippen LogP contribution in [0.4, 0.5) is 0 Å². The second-order valence-electron chi connectivity index (χ2n) is 12.3. The van der Waals surface area contributed by atoms with E-state index in [2.05, 4.69) is 45.1 Å². The van der Waals surface area contributed by atoms with Gasteiger partial charge in [-0.3, -0.25) is 14.8 Å². The molecule has 0 rings (SSSR count). The molecule has 0 aliphatic rings. The molecule has 0 spiro atoms. The standard InChI is InChI=1S/C36H73N3O2/c1-6-10-12-14-16-17-18-19-20-21-22-24-26-28-37-29-31-39(41-36(9-4)34(5)40)32-30-38-33-35(8-3)27-25-23-15-13-11-7-2/h28,33-36,40H,6-27,29-32H2,1-5H3. The van der Waals surface area contributed by atoms with Gasteiger partial charge in [-0.05, 0) is 51.2 Å². The quantitative estimate of drug-likeness (QED) is 0.0490. The zero-order chi connectivity index (χ0) is 30.2. The third-order valence-electron chi connectivity index (χ3n) is 8.27. The van der Waals surface area contributed by atoms with Gasteiger partial charge in [-0.2, -0.15) is 5.06 Å². The summed E-state index contributed by atoms with van der Waals surface area (Å²) in [5, 5.41) is 12.1. The van der Waals surface area contributed by atoms with Gasteiger partial charge in [0.25, 0.3) is 0 Å². The summed E-state index contributed by atoms with van der Waals surface area (Å²) in [5.74, 6) is 0.585. The van der Waals surface area contributed by atoms with Crippen molar-refractivity contribution in [3.63, 3.8) is 0 Å². The molecule has 244 valence electrons. The minimum absolute atomic E-state index is 0.180. The van der Waals surface area contributed by atoms with E-state index >= 15 is 0 Å². The van der Waals surface area contributed by atoms with Crippen molar-refractivity contribution in [1.29, 1.82) is 0 Å². The third kappa shape index (κ3) is 27.8. The molecule has 0 saturated heterocycles. The molecule has 5 heteroatoms. The van der Waals surface area contributed by atoms with Crippen molar-refractivity contribution in [2.45, 2.75) is 188 Å². The molecular formula is C36H73N3O2. The predicted molar refractivity (Wildman–Crippen MR) is 183 cm³/mol. The minimum Gasteiger partial charge on any atom is -0.391 e. The summed E-state index contributed by atoms with van der Waals surface area (Å²) in [6, 6.07) is 0. The fourth-order valence-electron chi connectivity index (χ4n) is 5.30. The highest BCUT2D eigenvalue weighted by atomic mass is 16.7. The molecule has 0 bridgehead atoms. The smallest absolute Gasteiger partial charge is 0.105 e. The fraction of sp³-hybridized carbons (Fsp3) is 0.944. The van der Waals surface area contributed by atoms with Crippen LogP contribution in [0, 0.1) is 5.92 Å². The van der Waals surface area contributed by atoms with Crippen molar-refractivity contribution in [2.75, 3.05) is 26.2 Å². The van der Waals surface area contributed by atoms with E-state index in [0.29, 0.717) is 5.92 Å². The maximum Gasteiger partial charge on any atom is 0.105 e. The summed E-state index contributed by atoms with van der Waals surface area (Å²) in [7, 11) is 0. The maximum absolute atomic E-state index is 10.1. The van der Waals surface area contributed by atoms with Gasteiger partial charge in [0.05, 0.1) is 19.2 Å². The lowest BCUT2D eigenvalue weighted by Gasteiger charge is -2.27. The van der Waals surface area contributed by atoms with Gasteiger partial charge in [0.2, 0.25) is 0 Å². The number of hydrogen-bond acceptors (Lipinski definition) is 5. The lowest BCUT2D eigenvalue weighted by molar-refractivity contribution is -0.217. The summed E-state index contributed by atoms with van der Waals surface area (Å²) in [6.07, 6.45) is 32.6. The largest absolute Gasteiger partial charge is 0.391 e. The first-order chi connectivity index (χ1) is 20.1. The van der Waals surface area contributed by atoms with Crippen molar-refractivity contribution in [2.24, 2.45) is 15.9 Å². The average Bonchev–Trinajstić information content (AvgIpc) is 2.97. The van der Waals surface area contributed by atoms with Gasteiger partial charge >= 0.3 is 0 Å². The van der Waals surface area contributed by atoms with Crippen LogP contribution >= 0.6 is 0 Å². The molecule has 0 radical (unpaired) electrons. The molecule has 3 unspecified atom stereocenters. The summed E-state index contributed by atoms with van der Waals surface area (Å²) in [4.78, 5) is 15.6. The van der Waals surface area contributed by atoms with Crippen molar-refractivity contribution in [3.05, 3.63) is 0 Å². The van der Waals surface area contributed by atoms with Crippen LogP contribution in [0.25, 0.3) is 0 Å². The Bertz CT molecular complexity index is 567. The molecule has 0 aromatic heterocycles. The summed E-state index contributed by atoms with van der Waals surface area (Å²) in [5.41, 5.74) is 0. The average molecular weight is 580 g/mol. The fourth-order valence-corrected chi connectivity index (χ4v) is 5.30. The van der Waals surface area contributed by atoms with Gasteiger partial charge in [-0.25, -0.2) is 0 Å². The highest BCUT2D eigenvalue weighted by Crippen LogP contribution is 2.15. The molecule has 0 amide bonds.